The Morgan fingerprint density at radius 3 is 1.86 bits per heavy atom. The van der Waals surface area contributed by atoms with Crippen LogP contribution in [0.2, 0.25) is 0 Å². The highest BCUT2D eigenvalue weighted by atomic mass is 16.5. The van der Waals surface area contributed by atoms with Crippen LogP contribution in [0.3, 0.4) is 0 Å². The lowest BCUT2D eigenvalue weighted by Gasteiger charge is -2.21. The second kappa shape index (κ2) is 28.2. The number of ether oxygens (including phenoxy) is 3. The summed E-state index contributed by atoms with van der Waals surface area (Å²) in [4.78, 5) is 56.8. The van der Waals surface area contributed by atoms with Gasteiger partial charge in [0, 0.05) is 24.6 Å². The van der Waals surface area contributed by atoms with Gasteiger partial charge >= 0.3 is 12.1 Å². The fourth-order valence-corrected chi connectivity index (χ4v) is 3.81. The van der Waals surface area contributed by atoms with Gasteiger partial charge in [-0.25, -0.2) is 9.59 Å². The van der Waals surface area contributed by atoms with E-state index < -0.39 is 24.0 Å². The number of carbonyl (C=O) groups excluding carboxylic acids is 5. The number of nitrogens with one attached hydrogen (secondary N) is 4. The molecule has 0 saturated carbocycles. The average molecular weight is 699 g/mol. The lowest BCUT2D eigenvalue weighted by molar-refractivity contribution is -0.137. The predicted molar refractivity (Wildman–Crippen MR) is 195 cm³/mol. The van der Waals surface area contributed by atoms with Gasteiger partial charge in [0.05, 0.1) is 31.9 Å². The minimum absolute atomic E-state index is 0.112. The molecule has 2 rings (SSSR count). The quantitative estimate of drug-likeness (QED) is 0.0954. The Morgan fingerprint density at radius 1 is 0.780 bits per heavy atom. The van der Waals surface area contributed by atoms with Crippen molar-refractivity contribution in [1.82, 2.24) is 21.3 Å². The number of rotatable bonds is 18. The second-order valence-electron chi connectivity index (χ2n) is 12.0. The molecule has 0 spiro atoms. The number of alkyl carbamates (subject to hydrolysis) is 1. The van der Waals surface area contributed by atoms with Crippen LogP contribution in [0.1, 0.15) is 72.9 Å². The topological polar surface area (TPSA) is 161 Å². The first-order valence-corrected chi connectivity index (χ1v) is 17.0. The van der Waals surface area contributed by atoms with Crippen molar-refractivity contribution < 1.29 is 38.2 Å². The molecule has 0 radical (unpaired) electrons. The molecule has 278 valence electrons. The van der Waals surface area contributed by atoms with E-state index in [2.05, 4.69) is 42.0 Å². The molecule has 4 atom stereocenters. The number of carbonyl (C=O) groups is 5. The highest BCUT2D eigenvalue weighted by Gasteiger charge is 2.19. The minimum Gasteiger partial charge on any atom is -0.463 e. The summed E-state index contributed by atoms with van der Waals surface area (Å²) in [5, 5.41) is 10.4. The Morgan fingerprint density at radius 2 is 1.34 bits per heavy atom. The summed E-state index contributed by atoms with van der Waals surface area (Å²) < 4.78 is 15.8. The highest BCUT2D eigenvalue weighted by Crippen LogP contribution is 2.09. The first-order chi connectivity index (χ1) is 23.8. The van der Waals surface area contributed by atoms with E-state index in [0.29, 0.717) is 26.0 Å². The van der Waals surface area contributed by atoms with Crippen molar-refractivity contribution in [2.24, 2.45) is 11.8 Å². The molecule has 2 aromatic carbocycles. The molecule has 0 aromatic heterocycles. The number of hydrogen-bond donors (Lipinski definition) is 4. The molecular weight excluding hydrogens is 640 g/mol. The van der Waals surface area contributed by atoms with Gasteiger partial charge in [0.15, 0.2) is 0 Å². The molecule has 0 heterocycles. The molecule has 0 aliphatic rings. The highest BCUT2D eigenvalue weighted by molar-refractivity contribution is 5.83. The summed E-state index contributed by atoms with van der Waals surface area (Å²) in [5.74, 6) is -0.601. The first-order valence-electron chi connectivity index (χ1n) is 17.0. The van der Waals surface area contributed by atoms with E-state index in [4.69, 9.17) is 14.2 Å². The third-order valence-corrected chi connectivity index (χ3v) is 6.47. The Hall–Kier alpha value is -4.71. The van der Waals surface area contributed by atoms with Crippen LogP contribution >= 0.6 is 0 Å². The third kappa shape index (κ3) is 24.4. The Balaban J connectivity index is 0.000000867. The largest absolute Gasteiger partial charge is 0.463 e. The summed E-state index contributed by atoms with van der Waals surface area (Å²) in [5.41, 5.74) is 2.07. The predicted octanol–water partition coefficient (Wildman–Crippen LogP) is 5.07. The molecule has 50 heavy (non-hydrogen) atoms. The smallest absolute Gasteiger partial charge is 0.407 e. The maximum atomic E-state index is 11.8. The van der Waals surface area contributed by atoms with Crippen molar-refractivity contribution >= 4 is 30.3 Å². The maximum Gasteiger partial charge on any atom is 0.407 e. The van der Waals surface area contributed by atoms with Gasteiger partial charge in [-0.2, -0.15) is 0 Å². The Labute approximate surface area is 298 Å². The standard InChI is InChI=1S/C19H23NO3.C15H25N3O5.C4H10/c1-15(16(2)22-13-17-9-5-3-6-10-17)20-19(21)23-14-18-11-7-4-8-12-18;1-4-17-15(22)11(3)8-12(6-7-14(21)23-5-2)18-13(20)9-16-10-19;1-4(2)3/h3-12,15-16H,13-14H2,1-2H3,(H,20,21);6-7,10-12H,4-5,8-9H2,1-3H3,(H,16,19)(H,17,22)(H,18,20);4H,1-3H3/b;7-6+;. The van der Waals surface area contributed by atoms with Gasteiger partial charge in [-0.15, -0.1) is 0 Å². The second-order valence-corrected chi connectivity index (χ2v) is 12.0. The summed E-state index contributed by atoms with van der Waals surface area (Å²) in [6.07, 6.45) is 2.88. The van der Waals surface area contributed by atoms with Gasteiger partial charge in [0.25, 0.3) is 0 Å². The molecule has 4 unspecified atom stereocenters. The van der Waals surface area contributed by atoms with Crippen molar-refractivity contribution in [1.29, 1.82) is 0 Å². The van der Waals surface area contributed by atoms with E-state index >= 15 is 0 Å². The monoisotopic (exact) mass is 698 g/mol. The van der Waals surface area contributed by atoms with Gasteiger partial charge in [-0.3, -0.25) is 14.4 Å². The van der Waals surface area contributed by atoms with E-state index in [1.165, 1.54) is 12.2 Å². The lowest BCUT2D eigenvalue weighted by Crippen LogP contribution is -2.41. The van der Waals surface area contributed by atoms with Crippen LogP contribution in [0.5, 0.6) is 0 Å². The normalized spacial score (nSPS) is 12.7. The van der Waals surface area contributed by atoms with E-state index in [1.807, 2.05) is 81.4 Å². The third-order valence-electron chi connectivity index (χ3n) is 6.47. The van der Waals surface area contributed by atoms with Crippen molar-refractivity contribution in [3.63, 3.8) is 0 Å². The van der Waals surface area contributed by atoms with Crippen LogP contribution in [0.15, 0.2) is 72.8 Å². The van der Waals surface area contributed by atoms with Crippen molar-refractivity contribution in [2.45, 2.75) is 93.2 Å². The molecule has 0 bridgehead atoms. The fraction of sp³-hybridized carbons (Fsp3) is 0.500. The summed E-state index contributed by atoms with van der Waals surface area (Å²) >= 11 is 0. The summed E-state index contributed by atoms with van der Waals surface area (Å²) in [7, 11) is 0. The molecule has 0 aliphatic heterocycles. The SMILES string of the molecule is CC(C)C.CC(NC(=O)OCc1ccccc1)C(C)OCc1ccccc1.CCNC(=O)C(C)CC(/C=C/C(=O)OCC)NC(=O)CNC=O. The van der Waals surface area contributed by atoms with Crippen LogP contribution in [0.4, 0.5) is 4.79 Å². The van der Waals surface area contributed by atoms with Crippen LogP contribution in [0, 0.1) is 11.8 Å². The van der Waals surface area contributed by atoms with Gasteiger partial charge < -0.3 is 35.5 Å². The molecule has 12 nitrogen and oxygen atoms in total. The van der Waals surface area contributed by atoms with Gasteiger partial charge in [0.2, 0.25) is 18.2 Å². The van der Waals surface area contributed by atoms with Crippen LogP contribution in [-0.2, 0) is 46.6 Å². The zero-order valence-corrected chi connectivity index (χ0v) is 30.9. The molecule has 2 aromatic rings. The van der Waals surface area contributed by atoms with E-state index in [9.17, 15) is 24.0 Å². The van der Waals surface area contributed by atoms with Gasteiger partial charge in [-0.05, 0) is 51.2 Å². The molecule has 4 N–H and O–H groups in total. The Bertz CT molecular complexity index is 1260. The van der Waals surface area contributed by atoms with Crippen LogP contribution < -0.4 is 21.3 Å². The van der Waals surface area contributed by atoms with Crippen LogP contribution in [-0.4, -0.2) is 68.2 Å². The van der Waals surface area contributed by atoms with E-state index in [1.54, 1.807) is 13.8 Å². The minimum atomic E-state index is -0.530. The fourth-order valence-electron chi connectivity index (χ4n) is 3.81. The number of esters is 1. The first kappa shape index (κ1) is 45.3. The molecular formula is C38H58N4O8. The number of amides is 4. The van der Waals surface area contributed by atoms with Gasteiger partial charge in [-0.1, -0.05) is 94.4 Å². The Kier molecular flexibility index (Phi) is 25.5. The van der Waals surface area contributed by atoms with E-state index in [0.717, 1.165) is 17.0 Å². The zero-order valence-electron chi connectivity index (χ0n) is 30.9. The van der Waals surface area contributed by atoms with Crippen molar-refractivity contribution in [2.75, 3.05) is 19.7 Å². The lowest BCUT2D eigenvalue weighted by atomic mass is 10.00. The number of hydrogen-bond acceptors (Lipinski definition) is 8. The maximum absolute atomic E-state index is 11.8. The molecule has 0 fully saturated rings. The molecule has 4 amide bonds. The average Bonchev–Trinajstić information content (AvgIpc) is 3.08. The summed E-state index contributed by atoms with van der Waals surface area (Å²) in [6.45, 7) is 16.9. The molecule has 12 heteroatoms. The van der Waals surface area contributed by atoms with Gasteiger partial charge in [0.1, 0.15) is 6.61 Å². The zero-order chi connectivity index (χ0) is 37.7. The summed E-state index contributed by atoms with van der Waals surface area (Å²) in [6, 6.07) is 18.9. The van der Waals surface area contributed by atoms with Crippen LogP contribution in [0.25, 0.3) is 0 Å². The van der Waals surface area contributed by atoms with Crippen molar-refractivity contribution in [3.8, 4) is 0 Å². The van der Waals surface area contributed by atoms with E-state index in [-0.39, 0.29) is 43.7 Å². The number of benzene rings is 2. The van der Waals surface area contributed by atoms with Crippen molar-refractivity contribution in [3.05, 3.63) is 83.9 Å². The molecule has 0 saturated heterocycles. The molecule has 0 aliphatic carbocycles.